The number of esters is 1. The third kappa shape index (κ3) is 7.18. The molecule has 0 radical (unpaired) electrons. The van der Waals surface area contributed by atoms with Gasteiger partial charge in [0.2, 0.25) is 0 Å². The summed E-state index contributed by atoms with van der Waals surface area (Å²) in [7, 11) is 3.91. The standard InChI is InChI=1S/C25H29FN4O2S/c1-4-5-6-7-8-15-32-25(31)23-17-27-24(33-23)18-9-14-22(21(26)16-18)29-28-19-10-12-20(13-11-19)30(2)3/h9-14,16-17H,4-8,15H2,1-3H3. The van der Waals surface area contributed by atoms with E-state index >= 15 is 0 Å². The van der Waals surface area contributed by atoms with E-state index in [1.165, 1.54) is 36.4 Å². The Hall–Kier alpha value is -3.13. The highest BCUT2D eigenvalue weighted by Crippen LogP contribution is 2.30. The summed E-state index contributed by atoms with van der Waals surface area (Å²) in [6.45, 7) is 2.57. The summed E-state index contributed by atoms with van der Waals surface area (Å²) < 4.78 is 19.9. The Morgan fingerprint density at radius 3 is 2.52 bits per heavy atom. The van der Waals surface area contributed by atoms with Gasteiger partial charge in [-0.3, -0.25) is 0 Å². The lowest BCUT2D eigenvalue weighted by Crippen LogP contribution is -2.07. The van der Waals surface area contributed by atoms with E-state index in [4.69, 9.17) is 4.74 Å². The zero-order valence-corrected chi connectivity index (χ0v) is 20.1. The molecule has 0 fully saturated rings. The van der Waals surface area contributed by atoms with Crippen LogP contribution in [0.25, 0.3) is 10.6 Å². The van der Waals surface area contributed by atoms with Crippen molar-refractivity contribution in [2.24, 2.45) is 10.2 Å². The summed E-state index contributed by atoms with van der Waals surface area (Å²) >= 11 is 1.18. The molecule has 174 valence electrons. The molecule has 1 heterocycles. The van der Waals surface area contributed by atoms with E-state index in [-0.39, 0.29) is 11.7 Å². The lowest BCUT2D eigenvalue weighted by Gasteiger charge is -2.11. The number of anilines is 1. The topological polar surface area (TPSA) is 67.1 Å². The normalized spacial score (nSPS) is 11.2. The Morgan fingerprint density at radius 2 is 1.82 bits per heavy atom. The van der Waals surface area contributed by atoms with Crippen molar-refractivity contribution in [3.8, 4) is 10.6 Å². The maximum absolute atomic E-state index is 14.6. The van der Waals surface area contributed by atoms with Crippen molar-refractivity contribution < 1.29 is 13.9 Å². The molecule has 0 aliphatic carbocycles. The zero-order valence-electron chi connectivity index (χ0n) is 19.3. The van der Waals surface area contributed by atoms with Crippen LogP contribution < -0.4 is 4.90 Å². The molecule has 0 atom stereocenters. The molecular formula is C25H29FN4O2S. The number of unbranched alkanes of at least 4 members (excludes halogenated alkanes) is 4. The zero-order chi connectivity index (χ0) is 23.6. The van der Waals surface area contributed by atoms with E-state index in [0.29, 0.717) is 27.7 Å². The quantitative estimate of drug-likeness (QED) is 0.165. The van der Waals surface area contributed by atoms with Crippen molar-refractivity contribution in [2.75, 3.05) is 25.6 Å². The fraction of sp³-hybridized carbons (Fsp3) is 0.360. The van der Waals surface area contributed by atoms with Gasteiger partial charge in [-0.15, -0.1) is 16.5 Å². The van der Waals surface area contributed by atoms with Gasteiger partial charge in [-0.1, -0.05) is 32.6 Å². The van der Waals surface area contributed by atoms with Gasteiger partial charge in [-0.25, -0.2) is 14.2 Å². The number of halogens is 1. The Morgan fingerprint density at radius 1 is 1.06 bits per heavy atom. The fourth-order valence-electron chi connectivity index (χ4n) is 3.09. The van der Waals surface area contributed by atoms with Gasteiger partial charge in [0.1, 0.15) is 15.6 Å². The molecule has 0 saturated heterocycles. The molecule has 0 N–H and O–H groups in total. The van der Waals surface area contributed by atoms with E-state index in [0.717, 1.165) is 24.9 Å². The second-order valence-electron chi connectivity index (χ2n) is 7.86. The van der Waals surface area contributed by atoms with Crippen LogP contribution in [0.4, 0.5) is 21.5 Å². The molecule has 0 saturated carbocycles. The number of carbonyl (C=O) groups is 1. The maximum atomic E-state index is 14.6. The van der Waals surface area contributed by atoms with Crippen LogP contribution in [-0.4, -0.2) is 31.7 Å². The van der Waals surface area contributed by atoms with E-state index in [2.05, 4.69) is 22.1 Å². The van der Waals surface area contributed by atoms with E-state index in [9.17, 15) is 9.18 Å². The van der Waals surface area contributed by atoms with Crippen molar-refractivity contribution in [2.45, 2.75) is 39.0 Å². The molecular weight excluding hydrogens is 439 g/mol. The fourth-order valence-corrected chi connectivity index (χ4v) is 3.90. The van der Waals surface area contributed by atoms with Crippen LogP contribution in [0, 0.1) is 5.82 Å². The van der Waals surface area contributed by atoms with Crippen molar-refractivity contribution in [1.82, 2.24) is 4.98 Å². The average molecular weight is 469 g/mol. The van der Waals surface area contributed by atoms with Crippen LogP contribution in [-0.2, 0) is 4.74 Å². The van der Waals surface area contributed by atoms with Crippen molar-refractivity contribution in [3.63, 3.8) is 0 Å². The Labute approximate surface area is 198 Å². The Balaban J connectivity index is 1.59. The Kier molecular flexibility index (Phi) is 9.06. The molecule has 3 rings (SSSR count). The van der Waals surface area contributed by atoms with Gasteiger partial charge < -0.3 is 9.64 Å². The summed E-state index contributed by atoms with van der Waals surface area (Å²) in [6.07, 6.45) is 6.92. The van der Waals surface area contributed by atoms with Crippen LogP contribution in [0.3, 0.4) is 0 Å². The number of azo groups is 1. The van der Waals surface area contributed by atoms with Crippen LogP contribution in [0.2, 0.25) is 0 Å². The summed E-state index contributed by atoms with van der Waals surface area (Å²) in [5.41, 5.74) is 2.39. The number of nitrogens with zero attached hydrogens (tertiary/aromatic N) is 4. The molecule has 1 aromatic heterocycles. The van der Waals surface area contributed by atoms with Crippen LogP contribution in [0.5, 0.6) is 0 Å². The molecule has 0 aliphatic heterocycles. The minimum Gasteiger partial charge on any atom is -0.461 e. The lowest BCUT2D eigenvalue weighted by atomic mass is 10.2. The molecule has 2 aromatic carbocycles. The van der Waals surface area contributed by atoms with Crippen LogP contribution >= 0.6 is 11.3 Å². The van der Waals surface area contributed by atoms with Crippen molar-refractivity contribution in [3.05, 3.63) is 59.4 Å². The minimum absolute atomic E-state index is 0.134. The molecule has 0 unspecified atom stereocenters. The lowest BCUT2D eigenvalue weighted by molar-refractivity contribution is 0.0503. The summed E-state index contributed by atoms with van der Waals surface area (Å²) in [5.74, 6) is -0.895. The van der Waals surface area contributed by atoms with Gasteiger partial charge >= 0.3 is 5.97 Å². The predicted octanol–water partition coefficient (Wildman–Crippen LogP) is 7.56. The number of thiazole rings is 1. The molecule has 0 aliphatic rings. The number of hydrogen-bond acceptors (Lipinski definition) is 7. The SMILES string of the molecule is CCCCCCCOC(=O)c1cnc(-c2ccc(N=Nc3ccc(N(C)C)cc3)c(F)c2)s1. The number of rotatable bonds is 11. The van der Waals surface area contributed by atoms with Gasteiger partial charge in [0, 0.05) is 25.3 Å². The molecule has 3 aromatic rings. The second kappa shape index (κ2) is 12.2. The largest absolute Gasteiger partial charge is 0.461 e. The van der Waals surface area contributed by atoms with Crippen molar-refractivity contribution in [1.29, 1.82) is 0 Å². The van der Waals surface area contributed by atoms with Crippen LogP contribution in [0.1, 0.15) is 48.7 Å². The first-order chi connectivity index (χ1) is 16.0. The molecule has 0 bridgehead atoms. The predicted molar refractivity (Wildman–Crippen MR) is 131 cm³/mol. The molecule has 0 spiro atoms. The highest BCUT2D eigenvalue weighted by molar-refractivity contribution is 7.16. The van der Waals surface area contributed by atoms with E-state index in [1.807, 2.05) is 43.3 Å². The summed E-state index contributed by atoms with van der Waals surface area (Å²) in [4.78, 5) is 18.9. The average Bonchev–Trinajstić information content (AvgIpc) is 3.31. The first-order valence-electron chi connectivity index (χ1n) is 11.1. The highest BCUT2D eigenvalue weighted by atomic mass is 32.1. The van der Waals surface area contributed by atoms with Gasteiger partial charge in [-0.2, -0.15) is 5.11 Å². The monoisotopic (exact) mass is 468 g/mol. The first kappa shape index (κ1) is 24.5. The first-order valence-corrected chi connectivity index (χ1v) is 11.9. The number of carbonyl (C=O) groups excluding carboxylic acids is 1. The molecule has 8 heteroatoms. The Bertz CT molecular complexity index is 1080. The number of aromatic nitrogens is 1. The van der Waals surface area contributed by atoms with Crippen molar-refractivity contribution >= 4 is 34.4 Å². The molecule has 33 heavy (non-hydrogen) atoms. The third-order valence-corrected chi connectivity index (χ3v) is 6.05. The van der Waals surface area contributed by atoms with Gasteiger partial charge in [0.15, 0.2) is 5.82 Å². The second-order valence-corrected chi connectivity index (χ2v) is 8.89. The summed E-state index contributed by atoms with van der Waals surface area (Å²) in [6, 6.07) is 12.1. The third-order valence-electron chi connectivity index (χ3n) is 5.02. The van der Waals surface area contributed by atoms with Gasteiger partial charge in [-0.05, 0) is 48.9 Å². The van der Waals surface area contributed by atoms with E-state index < -0.39 is 5.82 Å². The smallest absolute Gasteiger partial charge is 0.349 e. The molecule has 0 amide bonds. The summed E-state index contributed by atoms with van der Waals surface area (Å²) in [5, 5.41) is 8.68. The van der Waals surface area contributed by atoms with Gasteiger partial charge in [0.25, 0.3) is 0 Å². The number of benzene rings is 2. The van der Waals surface area contributed by atoms with Crippen LogP contribution in [0.15, 0.2) is 58.9 Å². The number of hydrogen-bond donors (Lipinski definition) is 0. The van der Waals surface area contributed by atoms with Gasteiger partial charge in [0.05, 0.1) is 18.5 Å². The molecule has 6 nitrogen and oxygen atoms in total. The van der Waals surface area contributed by atoms with E-state index in [1.54, 1.807) is 12.1 Å². The number of ether oxygens (including phenoxy) is 1. The maximum Gasteiger partial charge on any atom is 0.349 e. The highest BCUT2D eigenvalue weighted by Gasteiger charge is 2.14. The minimum atomic E-state index is -0.507.